The number of ether oxygens (including phenoxy) is 1. The van der Waals surface area contributed by atoms with Crippen LogP contribution in [0.2, 0.25) is 0 Å². The van der Waals surface area contributed by atoms with E-state index in [0.717, 1.165) is 22.6 Å². The van der Waals surface area contributed by atoms with Gasteiger partial charge in [0.1, 0.15) is 5.75 Å². The molecule has 0 fully saturated rings. The number of anilines is 2. The lowest BCUT2D eigenvalue weighted by Crippen LogP contribution is -2.34. The summed E-state index contributed by atoms with van der Waals surface area (Å²) in [5, 5.41) is 6.25. The highest BCUT2D eigenvalue weighted by molar-refractivity contribution is 7.16. The first-order chi connectivity index (χ1) is 11.5. The second-order valence-electron chi connectivity index (χ2n) is 5.68. The third-order valence-corrected chi connectivity index (χ3v) is 4.59. The number of rotatable bonds is 4. The lowest BCUT2D eigenvalue weighted by molar-refractivity contribution is -0.122. The van der Waals surface area contributed by atoms with E-state index in [1.54, 1.807) is 6.92 Å². The molecule has 126 valence electrons. The standard InChI is InChI=1S/C17H19N3O3S/c1-4-5-14(21)19-17-20-15(10(3)24-17)11-6-7-13-12(8-11)18-16(22)9(2)23-13/h6-9H,4-5H2,1-3H3,(H,18,22)(H,19,20,21)/t9-/m1/s1. The van der Waals surface area contributed by atoms with E-state index in [2.05, 4.69) is 15.6 Å². The van der Waals surface area contributed by atoms with Gasteiger partial charge in [0.15, 0.2) is 11.2 Å². The van der Waals surface area contributed by atoms with Crippen LogP contribution in [-0.2, 0) is 9.59 Å². The summed E-state index contributed by atoms with van der Waals surface area (Å²) in [5.74, 6) is 0.454. The third kappa shape index (κ3) is 3.26. The zero-order chi connectivity index (χ0) is 17.3. The van der Waals surface area contributed by atoms with Crippen molar-refractivity contribution in [1.29, 1.82) is 0 Å². The molecule has 0 spiro atoms. The van der Waals surface area contributed by atoms with Gasteiger partial charge in [-0.1, -0.05) is 6.92 Å². The summed E-state index contributed by atoms with van der Waals surface area (Å²) in [5.41, 5.74) is 2.30. The Bertz CT molecular complexity index is 800. The highest BCUT2D eigenvalue weighted by Crippen LogP contribution is 2.36. The highest BCUT2D eigenvalue weighted by Gasteiger charge is 2.24. The fourth-order valence-electron chi connectivity index (χ4n) is 2.48. The number of amides is 2. The first-order valence-electron chi connectivity index (χ1n) is 7.87. The molecule has 2 aromatic rings. The molecule has 0 radical (unpaired) electrons. The van der Waals surface area contributed by atoms with Crippen LogP contribution in [0.3, 0.4) is 0 Å². The number of aryl methyl sites for hydroxylation is 1. The average Bonchev–Trinajstić information content (AvgIpc) is 2.88. The fraction of sp³-hybridized carbons (Fsp3) is 0.353. The SMILES string of the molecule is CCCC(=O)Nc1nc(-c2ccc3c(c2)NC(=O)[C@@H](C)O3)c(C)s1. The molecule has 2 amide bonds. The van der Waals surface area contributed by atoms with Gasteiger partial charge in [0.2, 0.25) is 5.91 Å². The maximum atomic E-state index is 11.8. The minimum Gasteiger partial charge on any atom is -0.479 e. The normalized spacial score (nSPS) is 16.1. The number of nitrogens with zero attached hydrogens (tertiary/aromatic N) is 1. The Hall–Kier alpha value is -2.41. The number of benzene rings is 1. The van der Waals surface area contributed by atoms with Crippen LogP contribution in [0.5, 0.6) is 5.75 Å². The predicted molar refractivity (Wildman–Crippen MR) is 94.5 cm³/mol. The molecule has 2 N–H and O–H groups in total. The van der Waals surface area contributed by atoms with Crippen molar-refractivity contribution in [2.45, 2.75) is 39.7 Å². The third-order valence-electron chi connectivity index (χ3n) is 3.70. The van der Waals surface area contributed by atoms with E-state index < -0.39 is 6.10 Å². The molecular formula is C17H19N3O3S. The molecule has 7 heteroatoms. The van der Waals surface area contributed by atoms with Gasteiger partial charge >= 0.3 is 0 Å². The second kappa shape index (κ2) is 6.60. The van der Waals surface area contributed by atoms with Crippen molar-refractivity contribution in [1.82, 2.24) is 4.98 Å². The summed E-state index contributed by atoms with van der Waals surface area (Å²) in [4.78, 5) is 29.0. The van der Waals surface area contributed by atoms with Crippen LogP contribution >= 0.6 is 11.3 Å². The molecule has 0 unspecified atom stereocenters. The van der Waals surface area contributed by atoms with Crippen molar-refractivity contribution >= 4 is 34.0 Å². The van der Waals surface area contributed by atoms with Crippen LogP contribution in [0.4, 0.5) is 10.8 Å². The van der Waals surface area contributed by atoms with Crippen LogP contribution < -0.4 is 15.4 Å². The molecule has 1 aromatic heterocycles. The van der Waals surface area contributed by atoms with Gasteiger partial charge in [-0.05, 0) is 38.5 Å². The van der Waals surface area contributed by atoms with Crippen LogP contribution in [-0.4, -0.2) is 22.9 Å². The number of hydrogen-bond donors (Lipinski definition) is 2. The van der Waals surface area contributed by atoms with Gasteiger partial charge in [-0.25, -0.2) is 4.98 Å². The highest BCUT2D eigenvalue weighted by atomic mass is 32.1. The number of hydrogen-bond acceptors (Lipinski definition) is 5. The quantitative estimate of drug-likeness (QED) is 0.887. The van der Waals surface area contributed by atoms with E-state index in [4.69, 9.17) is 4.74 Å². The van der Waals surface area contributed by atoms with Gasteiger partial charge in [0.25, 0.3) is 5.91 Å². The van der Waals surface area contributed by atoms with Crippen LogP contribution in [0, 0.1) is 6.92 Å². The topological polar surface area (TPSA) is 80.3 Å². The summed E-state index contributed by atoms with van der Waals surface area (Å²) in [6.07, 6.45) is 0.783. The maximum absolute atomic E-state index is 11.8. The van der Waals surface area contributed by atoms with E-state index >= 15 is 0 Å². The molecule has 1 atom stereocenters. The fourth-order valence-corrected chi connectivity index (χ4v) is 3.33. The Morgan fingerprint density at radius 1 is 1.46 bits per heavy atom. The number of carbonyl (C=O) groups excluding carboxylic acids is 2. The van der Waals surface area contributed by atoms with Crippen molar-refractivity contribution in [3.63, 3.8) is 0 Å². The lowest BCUT2D eigenvalue weighted by atomic mass is 10.1. The molecule has 0 bridgehead atoms. The van der Waals surface area contributed by atoms with Crippen molar-refractivity contribution in [3.8, 4) is 17.0 Å². The van der Waals surface area contributed by atoms with Gasteiger partial charge < -0.3 is 15.4 Å². The summed E-state index contributed by atoms with van der Waals surface area (Å²) < 4.78 is 5.56. The zero-order valence-corrected chi connectivity index (χ0v) is 14.6. The Morgan fingerprint density at radius 3 is 3.00 bits per heavy atom. The van der Waals surface area contributed by atoms with Crippen LogP contribution in [0.25, 0.3) is 11.3 Å². The number of carbonyl (C=O) groups is 2. The Balaban J connectivity index is 1.87. The van der Waals surface area contributed by atoms with E-state index in [9.17, 15) is 9.59 Å². The summed E-state index contributed by atoms with van der Waals surface area (Å²) >= 11 is 1.44. The molecular weight excluding hydrogens is 326 g/mol. The molecule has 0 saturated heterocycles. The van der Waals surface area contributed by atoms with Gasteiger partial charge in [-0.3, -0.25) is 9.59 Å². The summed E-state index contributed by atoms with van der Waals surface area (Å²) in [7, 11) is 0. The Morgan fingerprint density at radius 2 is 2.25 bits per heavy atom. The minimum atomic E-state index is -0.496. The number of aromatic nitrogens is 1. The van der Waals surface area contributed by atoms with Gasteiger partial charge in [-0.15, -0.1) is 11.3 Å². The Kier molecular flexibility index (Phi) is 4.53. The molecule has 24 heavy (non-hydrogen) atoms. The molecule has 6 nitrogen and oxygen atoms in total. The molecule has 1 aliphatic rings. The average molecular weight is 345 g/mol. The van der Waals surface area contributed by atoms with Gasteiger partial charge in [0.05, 0.1) is 11.4 Å². The molecule has 0 aliphatic carbocycles. The number of thiazole rings is 1. The first-order valence-corrected chi connectivity index (χ1v) is 8.68. The number of nitrogens with one attached hydrogen (secondary N) is 2. The summed E-state index contributed by atoms with van der Waals surface area (Å²) in [6, 6.07) is 5.58. The molecule has 1 aromatic carbocycles. The lowest BCUT2D eigenvalue weighted by Gasteiger charge is -2.23. The smallest absolute Gasteiger partial charge is 0.265 e. The van der Waals surface area contributed by atoms with Crippen molar-refractivity contribution in [2.24, 2.45) is 0 Å². The van der Waals surface area contributed by atoms with Crippen molar-refractivity contribution in [2.75, 3.05) is 10.6 Å². The van der Waals surface area contributed by atoms with Gasteiger partial charge in [0, 0.05) is 16.9 Å². The van der Waals surface area contributed by atoms with Crippen LogP contribution in [0.15, 0.2) is 18.2 Å². The van der Waals surface area contributed by atoms with E-state index in [1.807, 2.05) is 32.0 Å². The number of fused-ring (bicyclic) bond motifs is 1. The van der Waals surface area contributed by atoms with Crippen LogP contribution in [0.1, 0.15) is 31.6 Å². The van der Waals surface area contributed by atoms with Crippen molar-refractivity contribution < 1.29 is 14.3 Å². The summed E-state index contributed by atoms with van der Waals surface area (Å²) in [6.45, 7) is 5.63. The molecule has 0 saturated carbocycles. The largest absolute Gasteiger partial charge is 0.479 e. The first kappa shape index (κ1) is 16.4. The second-order valence-corrected chi connectivity index (χ2v) is 6.89. The van der Waals surface area contributed by atoms with E-state index in [-0.39, 0.29) is 11.8 Å². The van der Waals surface area contributed by atoms with Crippen molar-refractivity contribution in [3.05, 3.63) is 23.1 Å². The molecule has 3 rings (SSSR count). The van der Waals surface area contributed by atoms with E-state index in [1.165, 1.54) is 11.3 Å². The van der Waals surface area contributed by atoms with E-state index in [0.29, 0.717) is 23.0 Å². The Labute approximate surface area is 144 Å². The van der Waals surface area contributed by atoms with Gasteiger partial charge in [-0.2, -0.15) is 0 Å². The molecule has 1 aliphatic heterocycles. The monoisotopic (exact) mass is 345 g/mol. The minimum absolute atomic E-state index is 0.0297. The predicted octanol–water partition coefficient (Wildman–Crippen LogP) is 3.58. The molecule has 2 heterocycles. The maximum Gasteiger partial charge on any atom is 0.265 e. The zero-order valence-electron chi connectivity index (χ0n) is 13.8.